The summed E-state index contributed by atoms with van der Waals surface area (Å²) in [5, 5.41) is 13.8. The predicted molar refractivity (Wildman–Crippen MR) is 62.6 cm³/mol. The number of sulfonamides is 1. The van der Waals surface area contributed by atoms with Crippen molar-refractivity contribution in [3.8, 4) is 0 Å². The van der Waals surface area contributed by atoms with E-state index >= 15 is 0 Å². The summed E-state index contributed by atoms with van der Waals surface area (Å²) in [5.41, 5.74) is 0. The van der Waals surface area contributed by atoms with Crippen molar-refractivity contribution < 1.29 is 23.1 Å². The van der Waals surface area contributed by atoms with Gasteiger partial charge in [-0.3, -0.25) is 9.48 Å². The van der Waals surface area contributed by atoms with Crippen LogP contribution < -0.4 is 4.83 Å². The number of hydrogen-bond donors (Lipinski definition) is 2. The fourth-order valence-corrected chi connectivity index (χ4v) is 2.66. The molecule has 0 atom stereocenters. The lowest BCUT2D eigenvalue weighted by atomic mass is 10.5. The van der Waals surface area contributed by atoms with Crippen LogP contribution in [0.5, 0.6) is 0 Å². The molecule has 0 spiro atoms. The van der Waals surface area contributed by atoms with Crippen molar-refractivity contribution >= 4 is 16.0 Å². The Bertz CT molecular complexity index is 549. The first-order chi connectivity index (χ1) is 8.97. The standard InChI is InChI=1S/C9H14N4O5S/c14-9(15)7-13-6-8(5-10-13)19(16,17)11-12-1-3-18-4-2-12/h5-6,11H,1-4,7H2,(H,14,15). The fraction of sp³-hybridized carbons (Fsp3) is 0.556. The second-order valence-electron chi connectivity index (χ2n) is 3.96. The van der Waals surface area contributed by atoms with Crippen molar-refractivity contribution in [3.63, 3.8) is 0 Å². The summed E-state index contributed by atoms with van der Waals surface area (Å²) in [5.74, 6) is -1.09. The average molecular weight is 290 g/mol. The summed E-state index contributed by atoms with van der Waals surface area (Å²) in [4.78, 5) is 12.8. The number of aromatic nitrogens is 2. The lowest BCUT2D eigenvalue weighted by Crippen LogP contribution is -2.48. The molecule has 19 heavy (non-hydrogen) atoms. The van der Waals surface area contributed by atoms with Gasteiger partial charge >= 0.3 is 5.97 Å². The second kappa shape index (κ2) is 5.65. The molecule has 1 aromatic rings. The average Bonchev–Trinajstić information content (AvgIpc) is 2.78. The number of nitrogens with zero attached hydrogens (tertiary/aromatic N) is 3. The van der Waals surface area contributed by atoms with Gasteiger partial charge in [-0.15, -0.1) is 4.83 Å². The smallest absolute Gasteiger partial charge is 0.325 e. The molecule has 1 aliphatic heterocycles. The summed E-state index contributed by atoms with van der Waals surface area (Å²) >= 11 is 0. The number of aliphatic carboxylic acids is 1. The minimum atomic E-state index is -3.73. The summed E-state index contributed by atoms with van der Waals surface area (Å²) in [6, 6.07) is 0. The monoisotopic (exact) mass is 290 g/mol. The van der Waals surface area contributed by atoms with Gasteiger partial charge in [0, 0.05) is 19.3 Å². The highest BCUT2D eigenvalue weighted by Crippen LogP contribution is 2.08. The van der Waals surface area contributed by atoms with E-state index in [1.807, 2.05) is 0 Å². The molecule has 2 heterocycles. The van der Waals surface area contributed by atoms with Crippen LogP contribution >= 0.6 is 0 Å². The Morgan fingerprint density at radius 3 is 2.79 bits per heavy atom. The van der Waals surface area contributed by atoms with Crippen LogP contribution in [0.1, 0.15) is 0 Å². The molecule has 10 heteroatoms. The maximum absolute atomic E-state index is 12.0. The van der Waals surface area contributed by atoms with Crippen molar-refractivity contribution in [2.75, 3.05) is 26.3 Å². The molecule has 106 valence electrons. The van der Waals surface area contributed by atoms with Gasteiger partial charge < -0.3 is 9.84 Å². The highest BCUT2D eigenvalue weighted by Gasteiger charge is 2.21. The van der Waals surface area contributed by atoms with E-state index in [2.05, 4.69) is 9.93 Å². The number of morpholine rings is 1. The zero-order valence-corrected chi connectivity index (χ0v) is 10.8. The van der Waals surface area contributed by atoms with Crippen LogP contribution in [0.25, 0.3) is 0 Å². The Hall–Kier alpha value is -1.49. The third kappa shape index (κ3) is 3.73. The minimum Gasteiger partial charge on any atom is -0.480 e. The normalized spacial score (nSPS) is 17.5. The number of hydrazine groups is 1. The molecule has 0 unspecified atom stereocenters. The third-order valence-electron chi connectivity index (χ3n) is 2.48. The van der Waals surface area contributed by atoms with Crippen molar-refractivity contribution in [1.82, 2.24) is 19.6 Å². The zero-order valence-electron chi connectivity index (χ0n) is 10.0. The van der Waals surface area contributed by atoms with E-state index in [1.54, 1.807) is 0 Å². The number of nitrogens with one attached hydrogen (secondary N) is 1. The summed E-state index contributed by atoms with van der Waals surface area (Å²) in [6.07, 6.45) is 2.29. The topological polar surface area (TPSA) is 114 Å². The van der Waals surface area contributed by atoms with Gasteiger partial charge in [0.15, 0.2) is 0 Å². The number of rotatable bonds is 5. The van der Waals surface area contributed by atoms with Crippen molar-refractivity contribution in [3.05, 3.63) is 12.4 Å². The van der Waals surface area contributed by atoms with Crippen LogP contribution in [0.15, 0.2) is 17.3 Å². The quantitative estimate of drug-likeness (QED) is 0.678. The van der Waals surface area contributed by atoms with E-state index in [-0.39, 0.29) is 11.4 Å². The first kappa shape index (κ1) is 13.9. The number of carboxylic acid groups (broad SMARTS) is 1. The molecule has 2 rings (SSSR count). The molecule has 0 aliphatic carbocycles. The Balaban J connectivity index is 2.06. The molecule has 0 bridgehead atoms. The number of carboxylic acids is 1. The largest absolute Gasteiger partial charge is 0.480 e. The predicted octanol–water partition coefficient (Wildman–Crippen LogP) is -1.51. The van der Waals surface area contributed by atoms with E-state index in [9.17, 15) is 13.2 Å². The van der Waals surface area contributed by atoms with Crippen LogP contribution in [0, 0.1) is 0 Å². The SMILES string of the molecule is O=C(O)Cn1cc(S(=O)(=O)NN2CCOCC2)cn1. The number of hydrogen-bond acceptors (Lipinski definition) is 6. The maximum Gasteiger partial charge on any atom is 0.325 e. The van der Waals surface area contributed by atoms with Crippen LogP contribution in [0.2, 0.25) is 0 Å². The Labute approximate surface area is 109 Å². The summed E-state index contributed by atoms with van der Waals surface area (Å²) in [6.45, 7) is 1.46. The van der Waals surface area contributed by atoms with Crippen molar-refractivity contribution in [1.29, 1.82) is 0 Å². The van der Waals surface area contributed by atoms with E-state index in [0.717, 1.165) is 10.9 Å². The minimum absolute atomic E-state index is 0.0692. The van der Waals surface area contributed by atoms with Gasteiger partial charge in [-0.25, -0.2) is 13.4 Å². The molecule has 1 aromatic heterocycles. The van der Waals surface area contributed by atoms with Crippen LogP contribution in [-0.2, 0) is 26.1 Å². The molecular formula is C9H14N4O5S. The van der Waals surface area contributed by atoms with Gasteiger partial charge in [0.1, 0.15) is 11.4 Å². The first-order valence-electron chi connectivity index (χ1n) is 5.57. The van der Waals surface area contributed by atoms with Gasteiger partial charge in [-0.1, -0.05) is 0 Å². The molecule has 0 radical (unpaired) electrons. The van der Waals surface area contributed by atoms with Crippen LogP contribution in [0.3, 0.4) is 0 Å². The van der Waals surface area contributed by atoms with Crippen molar-refractivity contribution in [2.45, 2.75) is 11.4 Å². The van der Waals surface area contributed by atoms with Gasteiger partial charge in [0.25, 0.3) is 10.0 Å². The molecule has 0 saturated carbocycles. The molecule has 1 saturated heterocycles. The van der Waals surface area contributed by atoms with E-state index in [4.69, 9.17) is 9.84 Å². The Morgan fingerprint density at radius 2 is 2.16 bits per heavy atom. The molecular weight excluding hydrogens is 276 g/mol. The Morgan fingerprint density at radius 1 is 1.47 bits per heavy atom. The number of ether oxygens (including phenoxy) is 1. The lowest BCUT2D eigenvalue weighted by Gasteiger charge is -2.26. The number of carbonyl (C=O) groups is 1. The molecule has 0 aromatic carbocycles. The molecule has 9 nitrogen and oxygen atoms in total. The molecule has 2 N–H and O–H groups in total. The summed E-state index contributed by atoms with van der Waals surface area (Å²) in [7, 11) is -3.73. The van der Waals surface area contributed by atoms with Gasteiger partial charge in [-0.2, -0.15) is 5.10 Å². The van der Waals surface area contributed by atoms with E-state index < -0.39 is 16.0 Å². The third-order valence-corrected chi connectivity index (χ3v) is 3.81. The molecule has 0 amide bonds. The Kier molecular flexibility index (Phi) is 4.14. The van der Waals surface area contributed by atoms with E-state index in [0.29, 0.717) is 26.3 Å². The first-order valence-corrected chi connectivity index (χ1v) is 7.05. The fourth-order valence-electron chi connectivity index (χ4n) is 1.59. The summed E-state index contributed by atoms with van der Waals surface area (Å²) < 4.78 is 30.2. The van der Waals surface area contributed by atoms with Gasteiger partial charge in [-0.05, 0) is 0 Å². The van der Waals surface area contributed by atoms with Gasteiger partial charge in [0.2, 0.25) is 0 Å². The zero-order chi connectivity index (χ0) is 13.9. The highest BCUT2D eigenvalue weighted by molar-refractivity contribution is 7.89. The second-order valence-corrected chi connectivity index (χ2v) is 5.62. The van der Waals surface area contributed by atoms with Crippen LogP contribution in [-0.4, -0.2) is 60.6 Å². The van der Waals surface area contributed by atoms with Gasteiger partial charge in [0.05, 0.1) is 19.4 Å². The molecule has 1 fully saturated rings. The molecule has 1 aliphatic rings. The lowest BCUT2D eigenvalue weighted by molar-refractivity contribution is -0.137. The van der Waals surface area contributed by atoms with Crippen LogP contribution in [0.4, 0.5) is 0 Å². The van der Waals surface area contributed by atoms with E-state index in [1.165, 1.54) is 11.2 Å². The highest BCUT2D eigenvalue weighted by atomic mass is 32.2. The maximum atomic E-state index is 12.0. The van der Waals surface area contributed by atoms with Crippen molar-refractivity contribution in [2.24, 2.45) is 0 Å².